The van der Waals surface area contributed by atoms with Crippen molar-refractivity contribution in [3.8, 4) is 6.01 Å². The van der Waals surface area contributed by atoms with Gasteiger partial charge in [0.05, 0.1) is 13.2 Å². The maximum Gasteiger partial charge on any atom is 0.322 e. The van der Waals surface area contributed by atoms with Crippen LogP contribution in [0.2, 0.25) is 0 Å². The molecule has 0 spiro atoms. The predicted octanol–water partition coefficient (Wildman–Crippen LogP) is 2.40. The molecule has 0 aliphatic carbocycles. The average Bonchev–Trinajstić information content (AvgIpc) is 2.47. The van der Waals surface area contributed by atoms with Gasteiger partial charge in [-0.25, -0.2) is 0 Å². The number of benzene rings is 1. The Morgan fingerprint density at radius 2 is 1.70 bits per heavy atom. The molecule has 1 heterocycles. The van der Waals surface area contributed by atoms with E-state index >= 15 is 0 Å². The highest BCUT2D eigenvalue weighted by Gasteiger charge is 2.10. The summed E-state index contributed by atoms with van der Waals surface area (Å²) in [6.07, 6.45) is 0. The molecule has 6 heteroatoms. The van der Waals surface area contributed by atoms with Crippen molar-refractivity contribution in [1.29, 1.82) is 0 Å². The number of rotatable bonds is 5. The van der Waals surface area contributed by atoms with Gasteiger partial charge in [0.15, 0.2) is 0 Å². The Morgan fingerprint density at radius 1 is 1.05 bits per heavy atom. The molecular formula is C14H19N5O. The Morgan fingerprint density at radius 3 is 2.30 bits per heavy atom. The van der Waals surface area contributed by atoms with Crippen LogP contribution in [-0.2, 0) is 0 Å². The number of aromatic nitrogens is 3. The van der Waals surface area contributed by atoms with Crippen LogP contribution in [0.15, 0.2) is 24.3 Å². The second-order valence-electron chi connectivity index (χ2n) is 4.50. The van der Waals surface area contributed by atoms with Crippen LogP contribution in [-0.4, -0.2) is 29.1 Å². The van der Waals surface area contributed by atoms with Gasteiger partial charge >= 0.3 is 6.01 Å². The van der Waals surface area contributed by atoms with E-state index in [2.05, 4.69) is 63.7 Å². The van der Waals surface area contributed by atoms with Crippen molar-refractivity contribution in [1.82, 2.24) is 15.0 Å². The van der Waals surface area contributed by atoms with Crippen LogP contribution < -0.4 is 15.4 Å². The molecule has 2 N–H and O–H groups in total. The monoisotopic (exact) mass is 273 g/mol. The fourth-order valence-corrected chi connectivity index (χ4v) is 1.76. The first-order valence-electron chi connectivity index (χ1n) is 6.43. The van der Waals surface area contributed by atoms with Crippen LogP contribution in [0.5, 0.6) is 6.01 Å². The van der Waals surface area contributed by atoms with Crippen molar-refractivity contribution in [2.75, 3.05) is 24.8 Å². The minimum absolute atomic E-state index is 0.0902. The summed E-state index contributed by atoms with van der Waals surface area (Å²) < 4.78 is 5.06. The SMILES string of the molecule is CNc1nc(NC(C)c2ccc(C)cc2)nc(OC)n1. The highest BCUT2D eigenvalue weighted by molar-refractivity contribution is 5.38. The van der Waals surface area contributed by atoms with E-state index in [4.69, 9.17) is 4.74 Å². The minimum Gasteiger partial charge on any atom is -0.467 e. The molecule has 0 aliphatic heterocycles. The summed E-state index contributed by atoms with van der Waals surface area (Å²) in [4.78, 5) is 12.5. The maximum atomic E-state index is 5.06. The van der Waals surface area contributed by atoms with E-state index in [1.165, 1.54) is 18.2 Å². The third-order valence-corrected chi connectivity index (χ3v) is 2.94. The number of hydrogen-bond acceptors (Lipinski definition) is 6. The van der Waals surface area contributed by atoms with Crippen LogP contribution in [0.1, 0.15) is 24.1 Å². The second-order valence-corrected chi connectivity index (χ2v) is 4.50. The quantitative estimate of drug-likeness (QED) is 0.871. The van der Waals surface area contributed by atoms with Gasteiger partial charge in [-0.15, -0.1) is 0 Å². The molecule has 6 nitrogen and oxygen atoms in total. The molecule has 0 radical (unpaired) electrons. The fourth-order valence-electron chi connectivity index (χ4n) is 1.76. The van der Waals surface area contributed by atoms with E-state index in [1.807, 2.05) is 0 Å². The number of nitrogens with zero attached hydrogens (tertiary/aromatic N) is 3. The van der Waals surface area contributed by atoms with Gasteiger partial charge in [-0.05, 0) is 19.4 Å². The maximum absolute atomic E-state index is 5.06. The summed E-state index contributed by atoms with van der Waals surface area (Å²) in [5.41, 5.74) is 2.40. The van der Waals surface area contributed by atoms with Gasteiger partial charge in [-0.2, -0.15) is 15.0 Å². The molecular weight excluding hydrogens is 254 g/mol. The van der Waals surface area contributed by atoms with Gasteiger partial charge < -0.3 is 15.4 Å². The van der Waals surface area contributed by atoms with E-state index in [-0.39, 0.29) is 12.1 Å². The highest BCUT2D eigenvalue weighted by Crippen LogP contribution is 2.19. The first-order valence-corrected chi connectivity index (χ1v) is 6.43. The van der Waals surface area contributed by atoms with Gasteiger partial charge in [-0.3, -0.25) is 0 Å². The molecule has 0 amide bonds. The number of methoxy groups -OCH3 is 1. The molecule has 0 fully saturated rings. The van der Waals surface area contributed by atoms with Crippen molar-refractivity contribution in [2.45, 2.75) is 19.9 Å². The van der Waals surface area contributed by atoms with Crippen molar-refractivity contribution in [3.05, 3.63) is 35.4 Å². The minimum atomic E-state index is 0.0902. The Balaban J connectivity index is 2.18. The summed E-state index contributed by atoms with van der Waals surface area (Å²) in [5, 5.41) is 6.13. The van der Waals surface area contributed by atoms with Crippen molar-refractivity contribution >= 4 is 11.9 Å². The van der Waals surface area contributed by atoms with E-state index in [1.54, 1.807) is 7.05 Å². The molecule has 0 aliphatic rings. The molecule has 0 bridgehead atoms. The van der Waals surface area contributed by atoms with Crippen LogP contribution in [0.4, 0.5) is 11.9 Å². The van der Waals surface area contributed by atoms with Gasteiger partial charge in [0, 0.05) is 7.05 Å². The van der Waals surface area contributed by atoms with Crippen LogP contribution in [0.25, 0.3) is 0 Å². The Bertz CT molecular complexity index is 548. The lowest BCUT2D eigenvalue weighted by Crippen LogP contribution is -2.12. The summed E-state index contributed by atoms with van der Waals surface area (Å²) in [5.74, 6) is 0.949. The number of ether oxygens (including phenoxy) is 1. The zero-order valence-electron chi connectivity index (χ0n) is 12.1. The van der Waals surface area contributed by atoms with Crippen molar-refractivity contribution < 1.29 is 4.74 Å². The molecule has 2 aromatic rings. The lowest BCUT2D eigenvalue weighted by atomic mass is 10.1. The number of anilines is 2. The van der Waals surface area contributed by atoms with E-state index in [9.17, 15) is 0 Å². The topological polar surface area (TPSA) is 72.0 Å². The normalized spacial score (nSPS) is 11.8. The van der Waals surface area contributed by atoms with Gasteiger partial charge in [0.1, 0.15) is 0 Å². The highest BCUT2D eigenvalue weighted by atomic mass is 16.5. The first kappa shape index (κ1) is 14.0. The van der Waals surface area contributed by atoms with E-state index in [0.717, 1.165) is 0 Å². The second kappa shape index (κ2) is 6.18. The van der Waals surface area contributed by atoms with Gasteiger partial charge in [0.25, 0.3) is 0 Å². The standard InChI is InChI=1S/C14H19N5O/c1-9-5-7-11(8-6-9)10(2)16-13-17-12(15-3)18-14(19-13)20-4/h5-8,10H,1-4H3,(H2,15,16,17,18,19). The smallest absolute Gasteiger partial charge is 0.322 e. The van der Waals surface area contributed by atoms with Gasteiger partial charge in [0.2, 0.25) is 11.9 Å². The Labute approximate surface area is 118 Å². The predicted molar refractivity (Wildman–Crippen MR) is 79.1 cm³/mol. The third kappa shape index (κ3) is 3.34. The Kier molecular flexibility index (Phi) is 4.34. The van der Waals surface area contributed by atoms with Crippen LogP contribution >= 0.6 is 0 Å². The van der Waals surface area contributed by atoms with E-state index < -0.39 is 0 Å². The molecule has 20 heavy (non-hydrogen) atoms. The Hall–Kier alpha value is -2.37. The van der Waals surface area contributed by atoms with E-state index in [0.29, 0.717) is 11.9 Å². The third-order valence-electron chi connectivity index (χ3n) is 2.94. The molecule has 1 aromatic heterocycles. The van der Waals surface area contributed by atoms with Crippen molar-refractivity contribution in [2.24, 2.45) is 0 Å². The number of hydrogen-bond donors (Lipinski definition) is 2. The van der Waals surface area contributed by atoms with Crippen molar-refractivity contribution in [3.63, 3.8) is 0 Å². The average molecular weight is 273 g/mol. The first-order chi connectivity index (χ1) is 9.62. The largest absolute Gasteiger partial charge is 0.467 e. The summed E-state index contributed by atoms with van der Waals surface area (Å²) in [6.45, 7) is 4.12. The molecule has 2 rings (SSSR count). The molecule has 1 unspecified atom stereocenters. The van der Waals surface area contributed by atoms with Crippen LogP contribution in [0.3, 0.4) is 0 Å². The van der Waals surface area contributed by atoms with Gasteiger partial charge in [-0.1, -0.05) is 29.8 Å². The summed E-state index contributed by atoms with van der Waals surface area (Å²) >= 11 is 0. The summed E-state index contributed by atoms with van der Waals surface area (Å²) in [7, 11) is 3.28. The molecule has 0 saturated heterocycles. The molecule has 1 atom stereocenters. The zero-order chi connectivity index (χ0) is 14.5. The molecule has 1 aromatic carbocycles. The molecule has 0 saturated carbocycles. The van der Waals surface area contributed by atoms with Crippen LogP contribution in [0, 0.1) is 6.92 Å². The molecule has 106 valence electrons. The zero-order valence-corrected chi connectivity index (χ0v) is 12.1. The lowest BCUT2D eigenvalue weighted by molar-refractivity contribution is 0.379. The number of aryl methyl sites for hydroxylation is 1. The number of nitrogens with one attached hydrogen (secondary N) is 2. The lowest BCUT2D eigenvalue weighted by Gasteiger charge is -2.15. The summed E-state index contributed by atoms with van der Waals surface area (Å²) in [6, 6.07) is 8.71. The fraction of sp³-hybridized carbons (Fsp3) is 0.357.